The van der Waals surface area contributed by atoms with E-state index >= 15 is 0 Å². The Morgan fingerprint density at radius 3 is 2.76 bits per heavy atom. The van der Waals surface area contributed by atoms with Crippen LogP contribution in [0.5, 0.6) is 0 Å². The van der Waals surface area contributed by atoms with E-state index in [1.807, 2.05) is 48.5 Å². The highest BCUT2D eigenvalue weighted by Crippen LogP contribution is 2.34. The highest BCUT2D eigenvalue weighted by atomic mass is 35.5. The van der Waals surface area contributed by atoms with Gasteiger partial charge < -0.3 is 20.7 Å². The van der Waals surface area contributed by atoms with Crippen molar-refractivity contribution < 1.29 is 14.3 Å². The Morgan fingerprint density at radius 2 is 1.94 bits per heavy atom. The van der Waals surface area contributed by atoms with Gasteiger partial charge in [0.1, 0.15) is 6.33 Å². The first-order valence-corrected chi connectivity index (χ1v) is 16.7. The van der Waals surface area contributed by atoms with Gasteiger partial charge in [-0.05, 0) is 89.5 Å². The Balaban J connectivity index is 1.25. The van der Waals surface area contributed by atoms with Crippen molar-refractivity contribution in [2.45, 2.75) is 44.3 Å². The van der Waals surface area contributed by atoms with Crippen LogP contribution in [-0.4, -0.2) is 61.9 Å². The average molecular weight is 693 g/mol. The molecule has 4 heterocycles. The zero-order valence-corrected chi connectivity index (χ0v) is 28.2. The van der Waals surface area contributed by atoms with E-state index in [0.29, 0.717) is 41.5 Å². The molecule has 2 unspecified atom stereocenters. The summed E-state index contributed by atoms with van der Waals surface area (Å²) in [4.78, 5) is 34.6. The molecular formula is C36H37ClN10O3. The number of carbonyl (C=O) groups excluding carboxylic acids is 2. The number of hydrogen-bond acceptors (Lipinski definition) is 10. The summed E-state index contributed by atoms with van der Waals surface area (Å²) < 4.78 is 6.34. The number of pyridine rings is 2. The molecule has 3 aromatic heterocycles. The van der Waals surface area contributed by atoms with Crippen molar-refractivity contribution in [3.05, 3.63) is 114 Å². The van der Waals surface area contributed by atoms with E-state index in [2.05, 4.69) is 46.8 Å². The number of nitrogens with one attached hydrogen (secondary N) is 4. The molecule has 4 N–H and O–H groups in total. The van der Waals surface area contributed by atoms with Crippen molar-refractivity contribution in [1.29, 1.82) is 0 Å². The summed E-state index contributed by atoms with van der Waals surface area (Å²) in [6.07, 6.45) is 11.0. The van der Waals surface area contributed by atoms with Gasteiger partial charge in [-0.2, -0.15) is 4.68 Å². The van der Waals surface area contributed by atoms with Crippen LogP contribution in [0.25, 0.3) is 22.9 Å². The number of halogens is 1. The Bertz CT molecular complexity index is 1940. The molecule has 6 rings (SSSR count). The lowest BCUT2D eigenvalue weighted by atomic mass is 9.96. The molecule has 0 spiro atoms. The highest BCUT2D eigenvalue weighted by molar-refractivity contribution is 6.30. The Hall–Kier alpha value is -5.66. The molecule has 2 atom stereocenters. The van der Waals surface area contributed by atoms with Crippen LogP contribution < -0.4 is 21.3 Å². The molecule has 2 amide bonds. The van der Waals surface area contributed by atoms with Gasteiger partial charge in [-0.25, -0.2) is 4.79 Å². The molecule has 50 heavy (non-hydrogen) atoms. The van der Waals surface area contributed by atoms with E-state index in [0.717, 1.165) is 47.5 Å². The topological polar surface area (TPSA) is 161 Å². The summed E-state index contributed by atoms with van der Waals surface area (Å²) in [6.45, 7) is 1.32. The predicted molar refractivity (Wildman–Crippen MR) is 192 cm³/mol. The number of hydrogen-bond donors (Lipinski definition) is 4. The van der Waals surface area contributed by atoms with Gasteiger partial charge in [-0.3, -0.25) is 20.1 Å². The minimum atomic E-state index is -0.549. The van der Waals surface area contributed by atoms with Crippen LogP contribution in [-0.2, 0) is 16.1 Å². The summed E-state index contributed by atoms with van der Waals surface area (Å²) in [5.74, 6) is -0.269. The first-order valence-electron chi connectivity index (χ1n) is 16.3. The number of benzene rings is 2. The molecule has 13 nitrogen and oxygen atoms in total. The fourth-order valence-electron chi connectivity index (χ4n) is 5.85. The van der Waals surface area contributed by atoms with E-state index in [1.54, 1.807) is 36.7 Å². The average Bonchev–Trinajstić information content (AvgIpc) is 3.67. The van der Waals surface area contributed by atoms with Crippen molar-refractivity contribution in [2.24, 2.45) is 0 Å². The SMILES string of the molecule is COC(=O)Nc1ccc2c(c1)NC(CNCc1ccccn1)CCCCC(NC(=O)C=Cc1cc(Cl)ccc1-n1cnnn1)c1cc-2ccn1. The van der Waals surface area contributed by atoms with Crippen molar-refractivity contribution in [1.82, 2.24) is 40.8 Å². The Morgan fingerprint density at radius 1 is 1.04 bits per heavy atom. The third-order valence-corrected chi connectivity index (χ3v) is 8.53. The zero-order chi connectivity index (χ0) is 34.7. The summed E-state index contributed by atoms with van der Waals surface area (Å²) in [6, 6.07) is 20.5. The van der Waals surface area contributed by atoms with Crippen LogP contribution in [0.1, 0.15) is 48.7 Å². The normalized spacial score (nSPS) is 16.0. The van der Waals surface area contributed by atoms with Crippen LogP contribution in [0, 0.1) is 0 Å². The van der Waals surface area contributed by atoms with E-state index in [-0.39, 0.29) is 18.0 Å². The van der Waals surface area contributed by atoms with Gasteiger partial charge >= 0.3 is 6.09 Å². The summed E-state index contributed by atoms with van der Waals surface area (Å²) >= 11 is 6.27. The molecule has 0 saturated carbocycles. The minimum absolute atomic E-state index is 0.0645. The molecule has 14 heteroatoms. The molecule has 2 bridgehead atoms. The van der Waals surface area contributed by atoms with Crippen molar-refractivity contribution in [3.63, 3.8) is 0 Å². The molecule has 2 aromatic carbocycles. The standard InChI is InChI=1S/C36H37ClN10O3/c1-50-36(49)43-27-11-12-30-24-15-17-40-33(19-24)31(44-35(48)14-9-25-18-26(37)10-13-34(25)47-23-41-45-46-47)8-3-2-7-29(42-32(30)20-27)22-38-21-28-6-4-5-16-39-28/h4-6,9-20,23,29,31,38,42H,2-3,7-8,21-22H2,1H3,(H,43,49)(H,44,48). The fraction of sp³-hybridized carbons (Fsp3) is 0.250. The van der Waals surface area contributed by atoms with E-state index in [4.69, 9.17) is 16.3 Å². The number of ether oxygens (including phenoxy) is 1. The van der Waals surface area contributed by atoms with Gasteiger partial charge in [0.15, 0.2) is 0 Å². The first-order chi connectivity index (χ1) is 24.4. The molecule has 1 aliphatic heterocycles. The molecule has 0 aliphatic carbocycles. The van der Waals surface area contributed by atoms with Gasteiger partial charge in [-0.15, -0.1) is 5.10 Å². The van der Waals surface area contributed by atoms with Crippen LogP contribution in [0.15, 0.2) is 91.5 Å². The molecule has 0 saturated heterocycles. The number of tetrazole rings is 1. The molecule has 5 aromatic rings. The number of amides is 2. The lowest BCUT2D eigenvalue weighted by Gasteiger charge is -2.25. The van der Waals surface area contributed by atoms with Gasteiger partial charge in [0, 0.05) is 65.1 Å². The Kier molecular flexibility index (Phi) is 11.4. The third-order valence-electron chi connectivity index (χ3n) is 8.29. The molecule has 0 radical (unpaired) electrons. The quantitative estimate of drug-likeness (QED) is 0.136. The zero-order valence-electron chi connectivity index (χ0n) is 27.4. The van der Waals surface area contributed by atoms with Crippen LogP contribution in [0.2, 0.25) is 5.02 Å². The molecular weight excluding hydrogens is 656 g/mol. The second-order valence-electron chi connectivity index (χ2n) is 11.8. The Labute approximate surface area is 294 Å². The van der Waals surface area contributed by atoms with Crippen molar-refractivity contribution in [3.8, 4) is 16.8 Å². The first kappa shape index (κ1) is 34.2. The van der Waals surface area contributed by atoms with Gasteiger partial charge in [-0.1, -0.05) is 36.6 Å². The number of fused-ring (bicyclic) bond motifs is 4. The lowest BCUT2D eigenvalue weighted by Crippen LogP contribution is -2.33. The lowest BCUT2D eigenvalue weighted by molar-refractivity contribution is -0.117. The van der Waals surface area contributed by atoms with E-state index in [1.165, 1.54) is 24.2 Å². The second-order valence-corrected chi connectivity index (χ2v) is 12.2. The van der Waals surface area contributed by atoms with Crippen LogP contribution >= 0.6 is 11.6 Å². The number of methoxy groups -OCH3 is 1. The van der Waals surface area contributed by atoms with Gasteiger partial charge in [0.05, 0.1) is 30.2 Å². The maximum absolute atomic E-state index is 13.4. The number of aromatic nitrogens is 6. The minimum Gasteiger partial charge on any atom is -0.453 e. The predicted octanol–water partition coefficient (Wildman–Crippen LogP) is 5.97. The second kappa shape index (κ2) is 16.6. The third kappa shape index (κ3) is 9.07. The smallest absolute Gasteiger partial charge is 0.411 e. The summed E-state index contributed by atoms with van der Waals surface area (Å²) in [5.41, 5.74) is 6.39. The van der Waals surface area contributed by atoms with Gasteiger partial charge in [0.25, 0.3) is 0 Å². The van der Waals surface area contributed by atoms with Crippen molar-refractivity contribution in [2.75, 3.05) is 24.3 Å². The maximum Gasteiger partial charge on any atom is 0.411 e. The molecule has 0 fully saturated rings. The number of nitrogens with zero attached hydrogens (tertiary/aromatic N) is 6. The fourth-order valence-corrected chi connectivity index (χ4v) is 6.03. The largest absolute Gasteiger partial charge is 0.453 e. The number of anilines is 2. The number of rotatable bonds is 9. The van der Waals surface area contributed by atoms with Crippen LogP contribution in [0.4, 0.5) is 16.2 Å². The maximum atomic E-state index is 13.4. The van der Waals surface area contributed by atoms with Crippen molar-refractivity contribution >= 4 is 41.1 Å². The monoisotopic (exact) mass is 692 g/mol. The highest BCUT2D eigenvalue weighted by Gasteiger charge is 2.20. The summed E-state index contributed by atoms with van der Waals surface area (Å²) in [5, 5.41) is 25.2. The van der Waals surface area contributed by atoms with E-state index < -0.39 is 6.09 Å². The number of carbonyl (C=O) groups is 2. The summed E-state index contributed by atoms with van der Waals surface area (Å²) in [7, 11) is 1.33. The molecule has 256 valence electrons. The molecule has 1 aliphatic rings. The van der Waals surface area contributed by atoms with E-state index in [9.17, 15) is 9.59 Å². The van der Waals surface area contributed by atoms with Crippen LogP contribution in [0.3, 0.4) is 0 Å². The van der Waals surface area contributed by atoms with Gasteiger partial charge in [0.2, 0.25) is 5.91 Å².